The van der Waals surface area contributed by atoms with Gasteiger partial charge in [0, 0.05) is 13.0 Å². The summed E-state index contributed by atoms with van der Waals surface area (Å²) >= 11 is 0. The molecule has 0 fully saturated rings. The number of benzene rings is 1. The Balaban J connectivity index is 2.08. The Morgan fingerprint density at radius 2 is 1.68 bits per heavy atom. The van der Waals surface area contributed by atoms with Gasteiger partial charge in [-0.15, -0.1) is 0 Å². The van der Waals surface area contributed by atoms with Crippen molar-refractivity contribution in [1.29, 1.82) is 0 Å². The third-order valence-electron chi connectivity index (χ3n) is 4.09. The highest BCUT2D eigenvalue weighted by atomic mass is 16.5. The van der Waals surface area contributed by atoms with Gasteiger partial charge in [-0.3, -0.25) is 24.1 Å². The second-order valence-corrected chi connectivity index (χ2v) is 6.19. The molecule has 0 bridgehead atoms. The van der Waals surface area contributed by atoms with E-state index in [4.69, 9.17) is 0 Å². The lowest BCUT2D eigenvalue weighted by Crippen LogP contribution is -2.52. The number of methoxy groups -OCH3 is 1. The summed E-state index contributed by atoms with van der Waals surface area (Å²) in [7, 11) is 1.30. The molecule has 1 N–H and O–H groups in total. The van der Waals surface area contributed by atoms with Crippen LogP contribution in [-0.4, -0.2) is 48.3 Å². The van der Waals surface area contributed by atoms with Gasteiger partial charge in [0.25, 0.3) is 11.8 Å². The summed E-state index contributed by atoms with van der Waals surface area (Å²) in [6.07, 6.45) is 0.613. The average molecular weight is 346 g/mol. The maximum absolute atomic E-state index is 12.6. The van der Waals surface area contributed by atoms with Gasteiger partial charge in [-0.05, 0) is 24.5 Å². The first kappa shape index (κ1) is 18.6. The second-order valence-electron chi connectivity index (χ2n) is 6.19. The third-order valence-corrected chi connectivity index (χ3v) is 4.09. The first-order valence-electron chi connectivity index (χ1n) is 8.20. The van der Waals surface area contributed by atoms with E-state index in [-0.39, 0.29) is 24.9 Å². The molecule has 0 saturated heterocycles. The highest BCUT2D eigenvalue weighted by Gasteiger charge is 2.43. The van der Waals surface area contributed by atoms with Crippen LogP contribution in [0, 0.1) is 5.92 Å². The molecule has 7 nitrogen and oxygen atoms in total. The fraction of sp³-hybridized carbons (Fsp3) is 0.444. The van der Waals surface area contributed by atoms with Crippen LogP contribution in [0.2, 0.25) is 0 Å². The van der Waals surface area contributed by atoms with Crippen LogP contribution in [0.3, 0.4) is 0 Å². The minimum atomic E-state index is -0.898. The van der Waals surface area contributed by atoms with E-state index in [9.17, 15) is 19.2 Å². The lowest BCUT2D eigenvalue weighted by atomic mass is 10.0. The van der Waals surface area contributed by atoms with Crippen LogP contribution in [0.4, 0.5) is 0 Å². The number of nitrogens with one attached hydrogen (secondary N) is 1. The van der Waals surface area contributed by atoms with Crippen molar-refractivity contribution in [2.45, 2.75) is 32.7 Å². The summed E-state index contributed by atoms with van der Waals surface area (Å²) in [5.41, 5.74) is 0.633. The number of carbonyl (C=O) groups is 4. The summed E-state index contributed by atoms with van der Waals surface area (Å²) in [5.74, 6) is -1.92. The molecule has 0 spiro atoms. The number of imide groups is 1. The Labute approximate surface area is 146 Å². The number of hydrogen-bond acceptors (Lipinski definition) is 5. The molecule has 2 rings (SSSR count). The van der Waals surface area contributed by atoms with Crippen LogP contribution >= 0.6 is 0 Å². The summed E-state index contributed by atoms with van der Waals surface area (Å²) in [5, 5.41) is 2.70. The van der Waals surface area contributed by atoms with E-state index >= 15 is 0 Å². The van der Waals surface area contributed by atoms with Crippen LogP contribution in [0.5, 0.6) is 0 Å². The molecule has 0 aromatic heterocycles. The molecular weight excluding hydrogens is 324 g/mol. The molecule has 1 aliphatic heterocycles. The molecule has 25 heavy (non-hydrogen) atoms. The third kappa shape index (κ3) is 3.87. The number of rotatable bonds is 7. The maximum Gasteiger partial charge on any atom is 0.305 e. The SMILES string of the molecule is COC(=O)CCCNC(=O)[C@H](C(C)C)N1C(=O)c2ccccc2C1=O. The molecule has 1 aromatic rings. The van der Waals surface area contributed by atoms with Gasteiger partial charge in [-0.2, -0.15) is 0 Å². The smallest absolute Gasteiger partial charge is 0.305 e. The Hall–Kier alpha value is -2.70. The number of fused-ring (bicyclic) bond motifs is 1. The van der Waals surface area contributed by atoms with Crippen molar-refractivity contribution in [1.82, 2.24) is 10.2 Å². The molecule has 134 valence electrons. The fourth-order valence-electron chi connectivity index (χ4n) is 2.83. The topological polar surface area (TPSA) is 92.8 Å². The van der Waals surface area contributed by atoms with Gasteiger partial charge >= 0.3 is 5.97 Å². The van der Waals surface area contributed by atoms with E-state index in [2.05, 4.69) is 10.1 Å². The van der Waals surface area contributed by atoms with Crippen LogP contribution in [0.15, 0.2) is 24.3 Å². The molecule has 1 aliphatic rings. The Bertz CT molecular complexity index is 663. The average Bonchev–Trinajstić information content (AvgIpc) is 2.84. The Morgan fingerprint density at radius 3 is 2.16 bits per heavy atom. The van der Waals surface area contributed by atoms with Gasteiger partial charge in [0.1, 0.15) is 6.04 Å². The molecule has 0 saturated carbocycles. The minimum absolute atomic E-state index is 0.191. The van der Waals surface area contributed by atoms with Crippen molar-refractivity contribution in [2.24, 2.45) is 5.92 Å². The van der Waals surface area contributed by atoms with E-state index in [1.165, 1.54) is 7.11 Å². The normalized spacial score (nSPS) is 14.5. The molecular formula is C18H22N2O5. The standard InChI is InChI=1S/C18H22N2O5/c1-11(2)15(16(22)19-10-6-9-14(21)25-3)20-17(23)12-7-4-5-8-13(12)18(20)24/h4-5,7-8,11,15H,6,9-10H2,1-3H3,(H,19,22)/t15-/m0/s1. The Kier molecular flexibility index (Phi) is 5.90. The lowest BCUT2D eigenvalue weighted by molar-refractivity contribution is -0.140. The largest absolute Gasteiger partial charge is 0.469 e. The molecule has 1 aromatic carbocycles. The molecule has 1 heterocycles. The zero-order chi connectivity index (χ0) is 18.6. The quantitative estimate of drug-likeness (QED) is 0.457. The van der Waals surface area contributed by atoms with Crippen LogP contribution in [0.1, 0.15) is 47.4 Å². The van der Waals surface area contributed by atoms with Crippen LogP contribution in [-0.2, 0) is 14.3 Å². The number of ether oxygens (including phenoxy) is 1. The molecule has 0 aliphatic carbocycles. The number of amides is 3. The summed E-state index contributed by atoms with van der Waals surface area (Å²) < 4.78 is 4.54. The van der Waals surface area contributed by atoms with Crippen molar-refractivity contribution in [3.63, 3.8) is 0 Å². The van der Waals surface area contributed by atoms with Gasteiger partial charge < -0.3 is 10.1 Å². The predicted molar refractivity (Wildman–Crippen MR) is 89.8 cm³/mol. The van der Waals surface area contributed by atoms with E-state index in [1.807, 2.05) is 0 Å². The summed E-state index contributed by atoms with van der Waals surface area (Å²) in [6.45, 7) is 3.82. The van der Waals surface area contributed by atoms with Gasteiger partial charge in [0.15, 0.2) is 0 Å². The second kappa shape index (κ2) is 7.92. The van der Waals surface area contributed by atoms with Crippen LogP contribution in [0.25, 0.3) is 0 Å². The molecule has 0 radical (unpaired) electrons. The fourth-order valence-corrected chi connectivity index (χ4v) is 2.83. The van der Waals surface area contributed by atoms with E-state index < -0.39 is 23.8 Å². The van der Waals surface area contributed by atoms with Crippen LogP contribution < -0.4 is 5.32 Å². The first-order valence-corrected chi connectivity index (χ1v) is 8.20. The number of esters is 1. The van der Waals surface area contributed by atoms with Gasteiger partial charge in [0.05, 0.1) is 18.2 Å². The van der Waals surface area contributed by atoms with E-state index in [0.29, 0.717) is 17.5 Å². The lowest BCUT2D eigenvalue weighted by Gasteiger charge is -2.28. The highest BCUT2D eigenvalue weighted by Crippen LogP contribution is 2.27. The van der Waals surface area contributed by atoms with Gasteiger partial charge in [0.2, 0.25) is 5.91 Å². The van der Waals surface area contributed by atoms with Crippen molar-refractivity contribution in [3.8, 4) is 0 Å². The maximum atomic E-state index is 12.6. The van der Waals surface area contributed by atoms with E-state index in [0.717, 1.165) is 4.90 Å². The molecule has 0 unspecified atom stereocenters. The highest BCUT2D eigenvalue weighted by molar-refractivity contribution is 6.22. The van der Waals surface area contributed by atoms with Crippen molar-refractivity contribution in [2.75, 3.05) is 13.7 Å². The van der Waals surface area contributed by atoms with E-state index in [1.54, 1.807) is 38.1 Å². The Morgan fingerprint density at radius 1 is 1.12 bits per heavy atom. The molecule has 1 atom stereocenters. The number of carbonyl (C=O) groups excluding carboxylic acids is 4. The monoisotopic (exact) mass is 346 g/mol. The minimum Gasteiger partial charge on any atom is -0.469 e. The van der Waals surface area contributed by atoms with Gasteiger partial charge in [-0.1, -0.05) is 26.0 Å². The molecule has 3 amide bonds. The summed E-state index contributed by atoms with van der Waals surface area (Å²) in [6, 6.07) is 5.64. The first-order chi connectivity index (χ1) is 11.9. The number of hydrogen-bond donors (Lipinski definition) is 1. The zero-order valence-electron chi connectivity index (χ0n) is 14.6. The number of nitrogens with zero attached hydrogens (tertiary/aromatic N) is 1. The summed E-state index contributed by atoms with van der Waals surface area (Å²) in [4.78, 5) is 49.8. The predicted octanol–water partition coefficient (Wildman–Crippen LogP) is 1.38. The van der Waals surface area contributed by atoms with Gasteiger partial charge in [-0.25, -0.2) is 0 Å². The van der Waals surface area contributed by atoms with Crippen molar-refractivity contribution in [3.05, 3.63) is 35.4 Å². The van der Waals surface area contributed by atoms with Crippen molar-refractivity contribution < 1.29 is 23.9 Å². The molecule has 7 heteroatoms. The zero-order valence-corrected chi connectivity index (χ0v) is 14.6. The van der Waals surface area contributed by atoms with Crippen molar-refractivity contribution >= 4 is 23.7 Å².